The van der Waals surface area contributed by atoms with Crippen LogP contribution in [-0.2, 0) is 17.7 Å². The van der Waals surface area contributed by atoms with Gasteiger partial charge in [0.15, 0.2) is 0 Å². The third kappa shape index (κ3) is 6.55. The summed E-state index contributed by atoms with van der Waals surface area (Å²) in [5, 5.41) is 0. The van der Waals surface area contributed by atoms with E-state index in [1.807, 2.05) is 19.4 Å². The molecule has 0 spiro atoms. The van der Waals surface area contributed by atoms with Gasteiger partial charge < -0.3 is 4.74 Å². The molecule has 2 saturated heterocycles. The molecule has 0 bridgehead atoms. The summed E-state index contributed by atoms with van der Waals surface area (Å²) >= 11 is 2.13. The molecule has 2 atom stereocenters. The van der Waals surface area contributed by atoms with Gasteiger partial charge in [0.1, 0.15) is 0 Å². The lowest BCUT2D eigenvalue weighted by atomic mass is 9.84. The fraction of sp³-hybridized carbons (Fsp3) is 0.577. The van der Waals surface area contributed by atoms with E-state index in [0.717, 1.165) is 37.9 Å². The van der Waals surface area contributed by atoms with Crippen LogP contribution in [-0.4, -0.2) is 71.7 Å². The second kappa shape index (κ2) is 12.0. The summed E-state index contributed by atoms with van der Waals surface area (Å²) in [5.41, 5.74) is 2.59. The summed E-state index contributed by atoms with van der Waals surface area (Å²) in [5.74, 6) is 3.39. The van der Waals surface area contributed by atoms with Crippen molar-refractivity contribution in [2.75, 3.05) is 44.9 Å². The van der Waals surface area contributed by atoms with Crippen LogP contribution in [0.4, 0.5) is 0 Å². The van der Waals surface area contributed by atoms with Crippen molar-refractivity contribution in [2.45, 2.75) is 44.3 Å². The Kier molecular flexibility index (Phi) is 8.82. The highest BCUT2D eigenvalue weighted by atomic mass is 32.2. The average Bonchev–Trinajstić information content (AvgIpc) is 3.37. The van der Waals surface area contributed by atoms with Crippen LogP contribution in [0.1, 0.15) is 30.5 Å². The number of ether oxygens (including phenoxy) is 1. The second-order valence-corrected chi connectivity index (χ2v) is 10.1. The van der Waals surface area contributed by atoms with Crippen molar-refractivity contribution < 1.29 is 4.74 Å². The molecule has 2 aliphatic rings. The molecule has 4 nitrogen and oxygen atoms in total. The highest BCUT2D eigenvalue weighted by Crippen LogP contribution is 2.31. The summed E-state index contributed by atoms with van der Waals surface area (Å²) in [6.45, 7) is 5.10. The van der Waals surface area contributed by atoms with Gasteiger partial charge in [-0.1, -0.05) is 36.4 Å². The van der Waals surface area contributed by atoms with Gasteiger partial charge in [-0.2, -0.15) is 11.8 Å². The highest BCUT2D eigenvalue weighted by Gasteiger charge is 2.33. The van der Waals surface area contributed by atoms with E-state index in [2.05, 4.69) is 69.0 Å². The number of thioether (sulfide) groups is 1. The first kappa shape index (κ1) is 22.8. The van der Waals surface area contributed by atoms with Crippen LogP contribution in [0.5, 0.6) is 0 Å². The van der Waals surface area contributed by atoms with E-state index < -0.39 is 0 Å². The molecule has 168 valence electrons. The molecule has 2 unspecified atom stereocenters. The number of likely N-dealkylation sites (tertiary alicyclic amines) is 1. The summed E-state index contributed by atoms with van der Waals surface area (Å²) in [6, 6.07) is 18.6. The minimum Gasteiger partial charge on any atom is -0.383 e. The van der Waals surface area contributed by atoms with Crippen LogP contribution < -0.4 is 0 Å². The smallest absolute Gasteiger partial charge is 0.0589 e. The van der Waals surface area contributed by atoms with Gasteiger partial charge in [-0.05, 0) is 68.1 Å². The Bertz CT molecular complexity index is 746. The van der Waals surface area contributed by atoms with Crippen LogP contribution in [0.3, 0.4) is 0 Å². The van der Waals surface area contributed by atoms with Gasteiger partial charge in [-0.3, -0.25) is 14.8 Å². The van der Waals surface area contributed by atoms with Crippen LogP contribution in [0.2, 0.25) is 0 Å². The Balaban J connectivity index is 1.50. The zero-order chi connectivity index (χ0) is 21.3. The maximum absolute atomic E-state index is 5.51. The van der Waals surface area contributed by atoms with Gasteiger partial charge in [-0.25, -0.2) is 0 Å². The van der Waals surface area contributed by atoms with Crippen LogP contribution in [0.25, 0.3) is 0 Å². The van der Waals surface area contributed by atoms with E-state index in [0.29, 0.717) is 12.0 Å². The molecule has 1 aromatic heterocycles. The van der Waals surface area contributed by atoms with Crippen LogP contribution in [0.15, 0.2) is 54.7 Å². The molecule has 2 fully saturated rings. The standard InChI is InChI=1S/C26H37N3OS/c1-30-17-16-29(20-24-9-5-6-13-27-24)26(19-22-7-3-2-4-8-22)23-10-14-28(15-11-23)25-12-18-31-21-25/h2-9,13,23,25-26H,10-12,14-21H2,1H3. The maximum Gasteiger partial charge on any atom is 0.0589 e. The molecule has 2 aliphatic heterocycles. The number of hydrogen-bond donors (Lipinski definition) is 0. The summed E-state index contributed by atoms with van der Waals surface area (Å²) in [4.78, 5) is 10.0. The SMILES string of the molecule is COCCN(Cc1ccccn1)C(Cc1ccccc1)C1CCN(C2CCSC2)CC1. The molecule has 4 rings (SSSR count). The number of hydrogen-bond acceptors (Lipinski definition) is 5. The second-order valence-electron chi connectivity index (χ2n) is 8.93. The number of piperidine rings is 1. The lowest BCUT2D eigenvalue weighted by Gasteiger charge is -2.43. The Labute approximate surface area is 192 Å². The van der Waals surface area contributed by atoms with E-state index >= 15 is 0 Å². The van der Waals surface area contributed by atoms with Crippen molar-refractivity contribution in [1.82, 2.24) is 14.8 Å². The van der Waals surface area contributed by atoms with Gasteiger partial charge in [0, 0.05) is 44.2 Å². The van der Waals surface area contributed by atoms with Gasteiger partial charge in [0.25, 0.3) is 0 Å². The first-order valence-electron chi connectivity index (χ1n) is 11.8. The van der Waals surface area contributed by atoms with Crippen LogP contribution in [0, 0.1) is 5.92 Å². The zero-order valence-corrected chi connectivity index (χ0v) is 19.7. The molecule has 3 heterocycles. The predicted octanol–water partition coefficient (Wildman–Crippen LogP) is 4.36. The molecule has 0 N–H and O–H groups in total. The van der Waals surface area contributed by atoms with E-state index in [-0.39, 0.29) is 0 Å². The van der Waals surface area contributed by atoms with Crippen molar-refractivity contribution in [3.05, 3.63) is 66.0 Å². The molecule has 31 heavy (non-hydrogen) atoms. The lowest BCUT2D eigenvalue weighted by molar-refractivity contribution is 0.0505. The third-order valence-corrected chi connectivity index (χ3v) is 8.12. The summed E-state index contributed by atoms with van der Waals surface area (Å²) in [6.07, 6.45) is 6.98. The molecule has 0 saturated carbocycles. The van der Waals surface area contributed by atoms with E-state index in [9.17, 15) is 0 Å². The van der Waals surface area contributed by atoms with Crippen molar-refractivity contribution >= 4 is 11.8 Å². The summed E-state index contributed by atoms with van der Waals surface area (Å²) in [7, 11) is 1.81. The predicted molar refractivity (Wildman–Crippen MR) is 130 cm³/mol. The molecule has 0 amide bonds. The Morgan fingerprint density at radius 3 is 2.58 bits per heavy atom. The van der Waals surface area contributed by atoms with Crippen LogP contribution >= 0.6 is 11.8 Å². The minimum atomic E-state index is 0.514. The maximum atomic E-state index is 5.51. The van der Waals surface area contributed by atoms with E-state index in [1.54, 1.807) is 0 Å². The third-order valence-electron chi connectivity index (χ3n) is 6.97. The average molecular weight is 440 g/mol. The highest BCUT2D eigenvalue weighted by molar-refractivity contribution is 7.99. The summed E-state index contributed by atoms with van der Waals surface area (Å²) < 4.78 is 5.51. The molecule has 0 radical (unpaired) electrons. The number of methoxy groups -OCH3 is 1. The molecule has 1 aromatic carbocycles. The molecule has 2 aromatic rings. The molecule has 0 aliphatic carbocycles. The van der Waals surface area contributed by atoms with Gasteiger partial charge >= 0.3 is 0 Å². The zero-order valence-electron chi connectivity index (χ0n) is 18.9. The number of benzene rings is 1. The van der Waals surface area contributed by atoms with Crippen molar-refractivity contribution in [3.8, 4) is 0 Å². The quantitative estimate of drug-likeness (QED) is 0.549. The first-order chi connectivity index (χ1) is 15.3. The minimum absolute atomic E-state index is 0.514. The van der Waals surface area contributed by atoms with Crippen molar-refractivity contribution in [1.29, 1.82) is 0 Å². The Morgan fingerprint density at radius 2 is 1.90 bits per heavy atom. The van der Waals surface area contributed by atoms with E-state index in [4.69, 9.17) is 4.74 Å². The monoisotopic (exact) mass is 439 g/mol. The molecule has 5 heteroatoms. The number of rotatable bonds is 10. The molecular formula is C26H37N3OS. The van der Waals surface area contributed by atoms with Crippen molar-refractivity contribution in [2.24, 2.45) is 5.92 Å². The Morgan fingerprint density at radius 1 is 1.10 bits per heavy atom. The van der Waals surface area contributed by atoms with Gasteiger partial charge in [0.05, 0.1) is 12.3 Å². The largest absolute Gasteiger partial charge is 0.383 e. The Hall–Kier alpha value is -1.40. The fourth-order valence-electron chi connectivity index (χ4n) is 5.20. The number of pyridine rings is 1. The molecular weight excluding hydrogens is 402 g/mol. The van der Waals surface area contributed by atoms with E-state index in [1.165, 1.54) is 49.4 Å². The normalized spacial score (nSPS) is 21.5. The van der Waals surface area contributed by atoms with Gasteiger partial charge in [-0.15, -0.1) is 0 Å². The number of nitrogens with zero attached hydrogens (tertiary/aromatic N) is 3. The number of aromatic nitrogens is 1. The van der Waals surface area contributed by atoms with Gasteiger partial charge in [0.2, 0.25) is 0 Å². The van der Waals surface area contributed by atoms with Crippen molar-refractivity contribution in [3.63, 3.8) is 0 Å². The topological polar surface area (TPSA) is 28.6 Å². The fourth-order valence-corrected chi connectivity index (χ4v) is 6.45. The first-order valence-corrected chi connectivity index (χ1v) is 13.0. The lowest BCUT2D eigenvalue weighted by Crippen LogP contribution is -2.49.